The number of thioether (sulfide) groups is 1. The van der Waals surface area contributed by atoms with E-state index in [4.69, 9.17) is 11.6 Å². The molecule has 1 amide bonds. The van der Waals surface area contributed by atoms with Gasteiger partial charge in [0, 0.05) is 34.6 Å². The van der Waals surface area contributed by atoms with Crippen LogP contribution in [0.2, 0.25) is 5.02 Å². The number of benzene rings is 2. The Labute approximate surface area is 160 Å². The fourth-order valence-electron chi connectivity index (χ4n) is 2.39. The predicted molar refractivity (Wildman–Crippen MR) is 104 cm³/mol. The fourth-order valence-corrected chi connectivity index (χ4v) is 3.37. The number of carbonyl (C=O) groups excluding carboxylic acids is 1. The second kappa shape index (κ2) is 8.82. The summed E-state index contributed by atoms with van der Waals surface area (Å²) in [6.07, 6.45) is 1.27. The van der Waals surface area contributed by atoms with Gasteiger partial charge in [-0.1, -0.05) is 23.7 Å². The zero-order valence-corrected chi connectivity index (χ0v) is 15.8. The topological polar surface area (TPSA) is 72.7 Å². The van der Waals surface area contributed by atoms with Crippen molar-refractivity contribution in [2.75, 3.05) is 11.1 Å². The highest BCUT2D eigenvalue weighted by atomic mass is 35.5. The molecule has 0 bridgehead atoms. The van der Waals surface area contributed by atoms with Crippen molar-refractivity contribution in [2.24, 2.45) is 7.05 Å². The SMILES string of the molecule is Cn1nnnc1-c1cccc(NC(=O)CCCSc2ccc(Cl)cc2)c1. The number of hydrogen-bond acceptors (Lipinski definition) is 5. The van der Waals surface area contributed by atoms with E-state index in [0.717, 1.165) is 33.3 Å². The van der Waals surface area contributed by atoms with Gasteiger partial charge < -0.3 is 5.32 Å². The van der Waals surface area contributed by atoms with E-state index in [1.54, 1.807) is 23.5 Å². The van der Waals surface area contributed by atoms with E-state index in [9.17, 15) is 4.79 Å². The van der Waals surface area contributed by atoms with E-state index >= 15 is 0 Å². The monoisotopic (exact) mass is 387 g/mol. The van der Waals surface area contributed by atoms with Crippen molar-refractivity contribution in [3.63, 3.8) is 0 Å². The van der Waals surface area contributed by atoms with Crippen molar-refractivity contribution in [3.05, 3.63) is 53.6 Å². The van der Waals surface area contributed by atoms with Crippen molar-refractivity contribution in [2.45, 2.75) is 17.7 Å². The average molecular weight is 388 g/mol. The molecule has 1 N–H and O–H groups in total. The highest BCUT2D eigenvalue weighted by molar-refractivity contribution is 7.99. The van der Waals surface area contributed by atoms with Crippen LogP contribution in [0.15, 0.2) is 53.4 Å². The van der Waals surface area contributed by atoms with Gasteiger partial charge in [-0.2, -0.15) is 0 Å². The van der Waals surface area contributed by atoms with Crippen LogP contribution >= 0.6 is 23.4 Å². The molecular formula is C18H18ClN5OS. The number of nitrogens with one attached hydrogen (secondary N) is 1. The molecule has 0 saturated heterocycles. The third kappa shape index (κ3) is 5.06. The number of tetrazole rings is 1. The van der Waals surface area contributed by atoms with Crippen LogP contribution in [-0.4, -0.2) is 31.9 Å². The summed E-state index contributed by atoms with van der Waals surface area (Å²) in [5, 5.41) is 15.1. The highest BCUT2D eigenvalue weighted by Crippen LogP contribution is 2.22. The standard InChI is InChI=1S/C18H18ClN5OS/c1-24-18(21-22-23-24)13-4-2-5-15(12-13)20-17(25)6-3-11-26-16-9-7-14(19)8-10-16/h2,4-5,7-10,12H,3,6,11H2,1H3,(H,20,25). The first-order valence-corrected chi connectivity index (χ1v) is 9.49. The van der Waals surface area contributed by atoms with Crippen LogP contribution < -0.4 is 5.32 Å². The molecule has 2 aromatic carbocycles. The Morgan fingerprint density at radius 2 is 2.04 bits per heavy atom. The number of aromatic nitrogens is 4. The normalized spacial score (nSPS) is 10.7. The molecule has 1 heterocycles. The van der Waals surface area contributed by atoms with Crippen LogP contribution in [0.5, 0.6) is 0 Å². The molecule has 134 valence electrons. The molecule has 6 nitrogen and oxygen atoms in total. The van der Waals surface area contributed by atoms with Crippen molar-refractivity contribution in [1.29, 1.82) is 0 Å². The smallest absolute Gasteiger partial charge is 0.224 e. The summed E-state index contributed by atoms with van der Waals surface area (Å²) in [6, 6.07) is 15.2. The molecule has 3 aromatic rings. The first kappa shape index (κ1) is 18.4. The van der Waals surface area contributed by atoms with Crippen molar-refractivity contribution in [1.82, 2.24) is 20.2 Å². The molecule has 0 saturated carbocycles. The van der Waals surface area contributed by atoms with Gasteiger partial charge in [-0.25, -0.2) is 4.68 Å². The minimum absolute atomic E-state index is 0.00468. The molecule has 0 fully saturated rings. The van der Waals surface area contributed by atoms with Gasteiger partial charge in [-0.3, -0.25) is 4.79 Å². The molecular weight excluding hydrogens is 370 g/mol. The highest BCUT2D eigenvalue weighted by Gasteiger charge is 2.08. The summed E-state index contributed by atoms with van der Waals surface area (Å²) >= 11 is 7.59. The van der Waals surface area contributed by atoms with Gasteiger partial charge in [0.2, 0.25) is 5.91 Å². The number of hydrogen-bond donors (Lipinski definition) is 1. The molecule has 8 heteroatoms. The zero-order valence-electron chi connectivity index (χ0n) is 14.2. The maximum absolute atomic E-state index is 12.1. The maximum atomic E-state index is 12.1. The minimum Gasteiger partial charge on any atom is -0.326 e. The van der Waals surface area contributed by atoms with Crippen LogP contribution in [0.25, 0.3) is 11.4 Å². The molecule has 0 atom stereocenters. The van der Waals surface area contributed by atoms with Gasteiger partial charge >= 0.3 is 0 Å². The van der Waals surface area contributed by atoms with Crippen LogP contribution in [0.1, 0.15) is 12.8 Å². The summed E-state index contributed by atoms with van der Waals surface area (Å²) in [4.78, 5) is 13.3. The Bertz CT molecular complexity index is 881. The zero-order chi connectivity index (χ0) is 18.4. The summed E-state index contributed by atoms with van der Waals surface area (Å²) in [6.45, 7) is 0. The number of halogens is 1. The van der Waals surface area contributed by atoms with Crippen molar-refractivity contribution < 1.29 is 4.79 Å². The quantitative estimate of drug-likeness (QED) is 0.489. The maximum Gasteiger partial charge on any atom is 0.224 e. The van der Waals surface area contributed by atoms with Crippen LogP contribution in [0, 0.1) is 0 Å². The summed E-state index contributed by atoms with van der Waals surface area (Å²) in [7, 11) is 1.78. The Hall–Kier alpha value is -2.38. The third-order valence-corrected chi connectivity index (χ3v) is 5.01. The molecule has 1 aromatic heterocycles. The second-order valence-corrected chi connectivity index (χ2v) is 7.27. The molecule has 0 unspecified atom stereocenters. The minimum atomic E-state index is -0.00468. The number of anilines is 1. The summed E-state index contributed by atoms with van der Waals surface area (Å²) in [5.41, 5.74) is 1.59. The fraction of sp³-hybridized carbons (Fsp3) is 0.222. The van der Waals surface area contributed by atoms with E-state index in [1.807, 2.05) is 48.5 Å². The average Bonchev–Trinajstić information content (AvgIpc) is 3.06. The van der Waals surface area contributed by atoms with Gasteiger partial charge in [-0.15, -0.1) is 16.9 Å². The molecule has 26 heavy (non-hydrogen) atoms. The summed E-state index contributed by atoms with van der Waals surface area (Å²) in [5.74, 6) is 1.52. The van der Waals surface area contributed by atoms with Crippen molar-refractivity contribution >= 4 is 35.0 Å². The molecule has 0 radical (unpaired) electrons. The predicted octanol–water partition coefficient (Wildman–Crippen LogP) is 4.04. The Balaban J connectivity index is 1.47. The van der Waals surface area contributed by atoms with E-state index in [-0.39, 0.29) is 5.91 Å². The number of nitrogens with zero attached hydrogens (tertiary/aromatic N) is 4. The van der Waals surface area contributed by atoms with E-state index in [2.05, 4.69) is 20.8 Å². The van der Waals surface area contributed by atoms with Gasteiger partial charge in [0.1, 0.15) is 0 Å². The molecule has 0 aliphatic carbocycles. The first-order chi connectivity index (χ1) is 12.6. The number of carbonyl (C=O) groups is 1. The van der Waals surface area contributed by atoms with Crippen LogP contribution in [-0.2, 0) is 11.8 Å². The Morgan fingerprint density at radius 1 is 1.23 bits per heavy atom. The lowest BCUT2D eigenvalue weighted by Gasteiger charge is -2.07. The van der Waals surface area contributed by atoms with Gasteiger partial charge in [0.25, 0.3) is 0 Å². The Morgan fingerprint density at radius 3 is 2.77 bits per heavy atom. The van der Waals surface area contributed by atoms with Gasteiger partial charge in [-0.05, 0) is 59.0 Å². The molecule has 0 aliphatic rings. The summed E-state index contributed by atoms with van der Waals surface area (Å²) < 4.78 is 1.59. The molecule has 0 spiro atoms. The number of aryl methyl sites for hydroxylation is 1. The number of rotatable bonds is 7. The lowest BCUT2D eigenvalue weighted by atomic mass is 10.2. The lowest BCUT2D eigenvalue weighted by Crippen LogP contribution is -2.11. The van der Waals surface area contributed by atoms with Crippen LogP contribution in [0.4, 0.5) is 5.69 Å². The van der Waals surface area contributed by atoms with Crippen LogP contribution in [0.3, 0.4) is 0 Å². The third-order valence-electron chi connectivity index (χ3n) is 3.66. The molecule has 0 aliphatic heterocycles. The van der Waals surface area contributed by atoms with Gasteiger partial charge in [0.05, 0.1) is 0 Å². The lowest BCUT2D eigenvalue weighted by molar-refractivity contribution is -0.116. The van der Waals surface area contributed by atoms with E-state index in [1.165, 1.54) is 0 Å². The number of amides is 1. The van der Waals surface area contributed by atoms with Gasteiger partial charge in [0.15, 0.2) is 5.82 Å². The first-order valence-electron chi connectivity index (χ1n) is 8.13. The second-order valence-electron chi connectivity index (χ2n) is 5.66. The Kier molecular flexibility index (Phi) is 6.25. The van der Waals surface area contributed by atoms with E-state index in [0.29, 0.717) is 12.2 Å². The molecule has 3 rings (SSSR count). The van der Waals surface area contributed by atoms with Crippen molar-refractivity contribution in [3.8, 4) is 11.4 Å². The largest absolute Gasteiger partial charge is 0.326 e. The van der Waals surface area contributed by atoms with E-state index < -0.39 is 0 Å².